The maximum Gasteiger partial charge on any atom is 0.233 e. The van der Waals surface area contributed by atoms with Gasteiger partial charge in [-0.25, -0.2) is 4.39 Å². The fourth-order valence-corrected chi connectivity index (χ4v) is 3.56. The van der Waals surface area contributed by atoms with Gasteiger partial charge in [0.25, 0.3) is 0 Å². The summed E-state index contributed by atoms with van der Waals surface area (Å²) in [6.45, 7) is 6.61. The van der Waals surface area contributed by atoms with Crippen molar-refractivity contribution in [2.45, 2.75) is 30.4 Å². The number of thioether (sulfide) groups is 1. The molecule has 1 aromatic heterocycles. The number of hydrogen-bond acceptors (Lipinski definition) is 6. The summed E-state index contributed by atoms with van der Waals surface area (Å²) in [5.74, 6) is 0.126. The number of hydrogen-bond donors (Lipinski definition) is 2. The molecule has 2 rings (SSSR count). The summed E-state index contributed by atoms with van der Waals surface area (Å²) in [6, 6.07) is 6.01. The zero-order valence-corrected chi connectivity index (χ0v) is 14.8. The second kappa shape index (κ2) is 8.26. The van der Waals surface area contributed by atoms with Gasteiger partial charge in [-0.2, -0.15) is 0 Å². The number of rotatable bonds is 7. The summed E-state index contributed by atoms with van der Waals surface area (Å²) < 4.78 is 13.6. The van der Waals surface area contributed by atoms with Crippen LogP contribution in [0.1, 0.15) is 20.8 Å². The highest BCUT2D eigenvalue weighted by Crippen LogP contribution is 2.30. The Morgan fingerprint density at radius 3 is 2.61 bits per heavy atom. The van der Waals surface area contributed by atoms with Gasteiger partial charge in [0, 0.05) is 12.2 Å². The van der Waals surface area contributed by atoms with Crippen molar-refractivity contribution in [1.82, 2.24) is 15.5 Å². The molecule has 0 spiro atoms. The molecule has 0 aliphatic carbocycles. The third-order valence-corrected chi connectivity index (χ3v) is 4.86. The second-order valence-corrected chi connectivity index (χ2v) is 7.97. The Morgan fingerprint density at radius 2 is 1.96 bits per heavy atom. The lowest BCUT2D eigenvalue weighted by Crippen LogP contribution is -2.33. The number of carbonyl (C=O) groups is 1. The Kier molecular flexibility index (Phi) is 6.35. The lowest BCUT2D eigenvalue weighted by molar-refractivity contribution is -0.120. The molecule has 0 saturated heterocycles. The van der Waals surface area contributed by atoms with Crippen LogP contribution in [0.3, 0.4) is 0 Å². The zero-order chi connectivity index (χ0) is 16.8. The summed E-state index contributed by atoms with van der Waals surface area (Å²) in [5.41, 5.74) is 0.738. The van der Waals surface area contributed by atoms with Crippen LogP contribution in [0, 0.1) is 11.7 Å². The van der Waals surface area contributed by atoms with E-state index in [1.54, 1.807) is 12.1 Å². The van der Waals surface area contributed by atoms with Crippen molar-refractivity contribution < 1.29 is 9.18 Å². The van der Waals surface area contributed by atoms with Crippen molar-refractivity contribution in [3.63, 3.8) is 0 Å². The van der Waals surface area contributed by atoms with Crippen LogP contribution in [0.4, 0.5) is 15.2 Å². The van der Waals surface area contributed by atoms with Crippen LogP contribution in [-0.4, -0.2) is 27.9 Å². The summed E-state index contributed by atoms with van der Waals surface area (Å²) >= 11 is 2.73. The Morgan fingerprint density at radius 1 is 1.26 bits per heavy atom. The van der Waals surface area contributed by atoms with E-state index < -0.39 is 0 Å². The number of aromatic nitrogens is 2. The minimum Gasteiger partial charge on any atom is -0.355 e. The number of anilines is 2. The van der Waals surface area contributed by atoms with Gasteiger partial charge < -0.3 is 10.6 Å². The number of halogens is 1. The van der Waals surface area contributed by atoms with Crippen LogP contribution in [0.5, 0.6) is 0 Å². The number of amides is 1. The van der Waals surface area contributed by atoms with Crippen LogP contribution in [0.2, 0.25) is 0 Å². The summed E-state index contributed by atoms with van der Waals surface area (Å²) in [5, 5.41) is 14.4. The number of benzene rings is 1. The Hall–Kier alpha value is -1.67. The molecule has 5 nitrogen and oxygen atoms in total. The van der Waals surface area contributed by atoms with Crippen molar-refractivity contribution in [2.75, 3.05) is 11.9 Å². The largest absolute Gasteiger partial charge is 0.355 e. The van der Waals surface area contributed by atoms with Gasteiger partial charge >= 0.3 is 0 Å². The van der Waals surface area contributed by atoms with E-state index in [9.17, 15) is 9.18 Å². The van der Waals surface area contributed by atoms with Crippen LogP contribution in [0.15, 0.2) is 28.6 Å². The standard InChI is InChI=1S/C15H19FN4OS2/c1-9(2)8-17-13(21)10(3)22-15-20-19-14(23-15)18-12-6-4-11(16)5-7-12/h4-7,9-10H,8H2,1-3H3,(H,17,21)(H,18,19). The van der Waals surface area contributed by atoms with Gasteiger partial charge in [0.2, 0.25) is 11.0 Å². The van der Waals surface area contributed by atoms with Crippen molar-refractivity contribution in [3.05, 3.63) is 30.1 Å². The molecule has 124 valence electrons. The summed E-state index contributed by atoms with van der Waals surface area (Å²) in [7, 11) is 0. The monoisotopic (exact) mass is 354 g/mol. The van der Waals surface area contributed by atoms with E-state index in [1.165, 1.54) is 35.2 Å². The van der Waals surface area contributed by atoms with E-state index in [0.29, 0.717) is 21.9 Å². The van der Waals surface area contributed by atoms with Gasteiger partial charge in [-0.1, -0.05) is 36.9 Å². The first kappa shape index (κ1) is 17.7. The van der Waals surface area contributed by atoms with E-state index in [2.05, 4.69) is 34.7 Å². The zero-order valence-electron chi connectivity index (χ0n) is 13.2. The molecule has 1 aromatic carbocycles. The van der Waals surface area contributed by atoms with E-state index in [4.69, 9.17) is 0 Å². The average Bonchev–Trinajstić information content (AvgIpc) is 2.94. The molecule has 2 N–H and O–H groups in total. The number of nitrogens with one attached hydrogen (secondary N) is 2. The fraction of sp³-hybridized carbons (Fsp3) is 0.400. The molecule has 1 atom stereocenters. The van der Waals surface area contributed by atoms with Crippen molar-refractivity contribution in [1.29, 1.82) is 0 Å². The summed E-state index contributed by atoms with van der Waals surface area (Å²) in [4.78, 5) is 12.0. The molecule has 0 fully saturated rings. The predicted molar refractivity (Wildman–Crippen MR) is 92.8 cm³/mol. The van der Waals surface area contributed by atoms with Gasteiger partial charge in [-0.3, -0.25) is 4.79 Å². The smallest absolute Gasteiger partial charge is 0.233 e. The average molecular weight is 354 g/mol. The van der Waals surface area contributed by atoms with Crippen LogP contribution >= 0.6 is 23.1 Å². The van der Waals surface area contributed by atoms with Gasteiger partial charge in [-0.15, -0.1) is 10.2 Å². The predicted octanol–water partition coefficient (Wildman–Crippen LogP) is 3.67. The van der Waals surface area contributed by atoms with Crippen molar-refractivity contribution >= 4 is 39.8 Å². The second-order valence-electron chi connectivity index (χ2n) is 5.40. The summed E-state index contributed by atoms with van der Waals surface area (Å²) in [6.07, 6.45) is 0. The lowest BCUT2D eigenvalue weighted by Gasteiger charge is -2.11. The van der Waals surface area contributed by atoms with E-state index in [0.717, 1.165) is 5.69 Å². The lowest BCUT2D eigenvalue weighted by atomic mass is 10.2. The molecule has 8 heteroatoms. The van der Waals surface area contributed by atoms with Crippen molar-refractivity contribution in [2.24, 2.45) is 5.92 Å². The maximum absolute atomic E-state index is 12.9. The minimum absolute atomic E-state index is 0.00746. The van der Waals surface area contributed by atoms with Crippen LogP contribution < -0.4 is 10.6 Å². The fourth-order valence-electron chi connectivity index (χ4n) is 1.62. The molecule has 0 aliphatic rings. The molecule has 2 aromatic rings. The molecular weight excluding hydrogens is 335 g/mol. The first-order valence-corrected chi connectivity index (χ1v) is 8.94. The van der Waals surface area contributed by atoms with E-state index in [-0.39, 0.29) is 17.0 Å². The Labute approximate surface area is 143 Å². The first-order chi connectivity index (χ1) is 10.9. The third-order valence-electron chi connectivity index (χ3n) is 2.83. The minimum atomic E-state index is -0.287. The molecule has 0 bridgehead atoms. The molecule has 23 heavy (non-hydrogen) atoms. The molecule has 0 aliphatic heterocycles. The van der Waals surface area contributed by atoms with Crippen molar-refractivity contribution in [3.8, 4) is 0 Å². The topological polar surface area (TPSA) is 66.9 Å². The molecule has 0 saturated carbocycles. The normalized spacial score (nSPS) is 12.2. The molecular formula is C15H19FN4OS2. The molecule has 1 heterocycles. The van der Waals surface area contributed by atoms with Gasteiger partial charge in [-0.05, 0) is 37.1 Å². The SMILES string of the molecule is CC(C)CNC(=O)C(C)Sc1nnc(Nc2ccc(F)cc2)s1. The highest BCUT2D eigenvalue weighted by molar-refractivity contribution is 8.02. The quantitative estimate of drug-likeness (QED) is 0.743. The highest BCUT2D eigenvalue weighted by Gasteiger charge is 2.17. The van der Waals surface area contributed by atoms with Crippen LogP contribution in [-0.2, 0) is 4.79 Å². The maximum atomic E-state index is 12.9. The van der Waals surface area contributed by atoms with Gasteiger partial charge in [0.15, 0.2) is 4.34 Å². The Bertz CT molecular complexity index is 645. The molecule has 0 radical (unpaired) electrons. The van der Waals surface area contributed by atoms with Gasteiger partial charge in [0.05, 0.1) is 5.25 Å². The number of nitrogens with zero attached hydrogens (tertiary/aromatic N) is 2. The first-order valence-electron chi connectivity index (χ1n) is 7.24. The molecule has 1 unspecified atom stereocenters. The number of carbonyl (C=O) groups excluding carboxylic acids is 1. The third kappa shape index (κ3) is 5.80. The molecule has 1 amide bonds. The van der Waals surface area contributed by atoms with E-state index >= 15 is 0 Å². The highest BCUT2D eigenvalue weighted by atomic mass is 32.2. The van der Waals surface area contributed by atoms with E-state index in [1.807, 2.05) is 6.92 Å². The van der Waals surface area contributed by atoms with Crippen LogP contribution in [0.25, 0.3) is 0 Å². The van der Waals surface area contributed by atoms with Gasteiger partial charge in [0.1, 0.15) is 5.82 Å². The Balaban J connectivity index is 1.88.